The molecule has 0 saturated carbocycles. The van der Waals surface area contributed by atoms with Crippen LogP contribution in [0.25, 0.3) is 10.9 Å². The van der Waals surface area contributed by atoms with Gasteiger partial charge in [-0.3, -0.25) is 4.68 Å². The molecule has 164 valence electrons. The van der Waals surface area contributed by atoms with Crippen molar-refractivity contribution in [2.75, 3.05) is 13.1 Å². The zero-order chi connectivity index (χ0) is 22.0. The number of carbonyl (C=O) groups is 1. The number of piperidine rings is 1. The second-order valence-corrected chi connectivity index (χ2v) is 9.09. The van der Waals surface area contributed by atoms with Gasteiger partial charge >= 0.3 is 6.09 Å². The van der Waals surface area contributed by atoms with Gasteiger partial charge in [-0.05, 0) is 51.3 Å². The van der Waals surface area contributed by atoms with Gasteiger partial charge in [-0.2, -0.15) is 5.10 Å². The molecular weight excluding hydrogens is 392 g/mol. The normalized spacial score (nSPS) is 15.3. The molecule has 1 aliphatic rings. The van der Waals surface area contributed by atoms with Gasteiger partial charge < -0.3 is 14.4 Å². The number of aromatic nitrogens is 3. The number of ether oxygens (including phenoxy) is 2. The van der Waals surface area contributed by atoms with E-state index in [9.17, 15) is 4.79 Å². The zero-order valence-electron chi connectivity index (χ0n) is 18.7. The van der Waals surface area contributed by atoms with Gasteiger partial charge in [0, 0.05) is 43.2 Å². The molecule has 31 heavy (non-hydrogen) atoms. The van der Waals surface area contributed by atoms with Gasteiger partial charge in [-0.25, -0.2) is 9.78 Å². The number of hydrogen-bond acceptors (Lipinski definition) is 5. The Balaban J connectivity index is 1.35. The van der Waals surface area contributed by atoms with Crippen LogP contribution in [-0.4, -0.2) is 44.4 Å². The number of pyridine rings is 1. The van der Waals surface area contributed by atoms with Crippen molar-refractivity contribution < 1.29 is 14.3 Å². The molecule has 1 amide bonds. The smallest absolute Gasteiger partial charge is 0.410 e. The molecule has 7 heteroatoms. The van der Waals surface area contributed by atoms with Crippen LogP contribution in [0.15, 0.2) is 42.6 Å². The Bertz CT molecular complexity index is 1060. The molecule has 3 heterocycles. The first-order valence-electron chi connectivity index (χ1n) is 10.8. The van der Waals surface area contributed by atoms with E-state index < -0.39 is 5.60 Å². The Morgan fingerprint density at radius 3 is 2.68 bits per heavy atom. The van der Waals surface area contributed by atoms with Crippen molar-refractivity contribution in [2.45, 2.75) is 51.7 Å². The average molecular weight is 423 g/mol. The Morgan fingerprint density at radius 1 is 1.16 bits per heavy atom. The first-order chi connectivity index (χ1) is 14.8. The molecule has 3 aromatic rings. The van der Waals surface area contributed by atoms with Crippen LogP contribution < -0.4 is 4.74 Å². The fraction of sp³-hybridized carbons (Fsp3) is 0.458. The van der Waals surface area contributed by atoms with Gasteiger partial charge in [0.15, 0.2) is 0 Å². The molecule has 1 saturated heterocycles. The van der Waals surface area contributed by atoms with Crippen molar-refractivity contribution in [1.82, 2.24) is 19.7 Å². The molecule has 0 unspecified atom stereocenters. The Kier molecular flexibility index (Phi) is 5.85. The molecule has 0 bridgehead atoms. The topological polar surface area (TPSA) is 69.5 Å². The summed E-state index contributed by atoms with van der Waals surface area (Å²) < 4.78 is 13.3. The Hall–Kier alpha value is -3.09. The van der Waals surface area contributed by atoms with Gasteiger partial charge in [-0.1, -0.05) is 18.2 Å². The number of benzene rings is 1. The highest BCUT2D eigenvalue weighted by Gasteiger charge is 2.28. The number of likely N-dealkylation sites (tertiary alicyclic amines) is 1. The molecule has 0 atom stereocenters. The molecule has 0 aliphatic carbocycles. The molecule has 0 N–H and O–H groups in total. The van der Waals surface area contributed by atoms with Gasteiger partial charge in [0.05, 0.1) is 11.7 Å². The summed E-state index contributed by atoms with van der Waals surface area (Å²) in [5.41, 5.74) is 2.71. The highest BCUT2D eigenvalue weighted by molar-refractivity contribution is 5.79. The van der Waals surface area contributed by atoms with Crippen molar-refractivity contribution >= 4 is 17.0 Å². The SMILES string of the molecule is Cn1ncc2ccc(COc3cccc(C4CCN(C(=O)OC(C)(C)C)CC4)n3)cc21. The summed E-state index contributed by atoms with van der Waals surface area (Å²) >= 11 is 0. The number of rotatable bonds is 4. The predicted octanol–water partition coefficient (Wildman–Crippen LogP) is 4.66. The molecule has 2 aromatic heterocycles. The second kappa shape index (κ2) is 8.57. The van der Waals surface area contributed by atoms with Gasteiger partial charge in [0.2, 0.25) is 5.88 Å². The molecule has 0 radical (unpaired) electrons. The van der Waals surface area contributed by atoms with Gasteiger partial charge in [0.1, 0.15) is 12.2 Å². The Morgan fingerprint density at radius 2 is 1.94 bits per heavy atom. The fourth-order valence-electron chi connectivity index (χ4n) is 3.86. The highest BCUT2D eigenvalue weighted by atomic mass is 16.6. The van der Waals surface area contributed by atoms with E-state index in [2.05, 4.69) is 23.3 Å². The van der Waals surface area contributed by atoms with Crippen LogP contribution in [0.5, 0.6) is 5.88 Å². The Labute approximate surface area is 183 Å². The molecule has 4 rings (SSSR count). The van der Waals surface area contributed by atoms with Crippen LogP contribution in [-0.2, 0) is 18.4 Å². The van der Waals surface area contributed by atoms with E-state index >= 15 is 0 Å². The van der Waals surface area contributed by atoms with Crippen molar-refractivity contribution in [3.8, 4) is 5.88 Å². The predicted molar refractivity (Wildman–Crippen MR) is 119 cm³/mol. The number of nitrogens with zero attached hydrogens (tertiary/aromatic N) is 4. The first kappa shape index (κ1) is 21.2. The van der Waals surface area contributed by atoms with Gasteiger partial charge in [0.25, 0.3) is 0 Å². The van der Waals surface area contributed by atoms with E-state index in [-0.39, 0.29) is 6.09 Å². The average Bonchev–Trinajstić information content (AvgIpc) is 3.12. The summed E-state index contributed by atoms with van der Waals surface area (Å²) in [5.74, 6) is 0.935. The summed E-state index contributed by atoms with van der Waals surface area (Å²) in [6, 6.07) is 12.1. The summed E-state index contributed by atoms with van der Waals surface area (Å²) in [6.45, 7) is 7.48. The molecule has 0 spiro atoms. The molecular formula is C24H30N4O3. The standard InChI is InChI=1S/C24H30N4O3/c1-24(2,3)31-23(29)28-12-10-18(11-13-28)20-6-5-7-22(26-20)30-16-17-8-9-19-15-25-27(4)21(19)14-17/h5-9,14-15,18H,10-13,16H2,1-4H3. The van der Waals surface area contributed by atoms with Crippen LogP contribution >= 0.6 is 0 Å². The van der Waals surface area contributed by atoms with E-state index in [0.717, 1.165) is 35.0 Å². The number of aryl methyl sites for hydroxylation is 1. The van der Waals surface area contributed by atoms with Crippen molar-refractivity contribution in [3.05, 3.63) is 53.9 Å². The third-order valence-corrected chi connectivity index (χ3v) is 5.51. The van der Waals surface area contributed by atoms with E-state index in [1.165, 1.54) is 0 Å². The van der Waals surface area contributed by atoms with E-state index in [4.69, 9.17) is 14.5 Å². The summed E-state index contributed by atoms with van der Waals surface area (Å²) in [7, 11) is 1.94. The maximum atomic E-state index is 12.3. The summed E-state index contributed by atoms with van der Waals surface area (Å²) in [6.07, 6.45) is 3.36. The monoisotopic (exact) mass is 422 g/mol. The maximum absolute atomic E-state index is 12.3. The van der Waals surface area contributed by atoms with E-state index in [1.54, 1.807) is 4.90 Å². The van der Waals surface area contributed by atoms with E-state index in [1.807, 2.05) is 56.9 Å². The van der Waals surface area contributed by atoms with Crippen LogP contribution in [0.2, 0.25) is 0 Å². The second-order valence-electron chi connectivity index (χ2n) is 9.09. The summed E-state index contributed by atoms with van der Waals surface area (Å²) in [5, 5.41) is 5.40. The molecule has 1 aliphatic heterocycles. The van der Waals surface area contributed by atoms with Gasteiger partial charge in [-0.15, -0.1) is 0 Å². The largest absolute Gasteiger partial charge is 0.473 e. The van der Waals surface area contributed by atoms with Crippen LogP contribution in [0.4, 0.5) is 4.79 Å². The molecule has 7 nitrogen and oxygen atoms in total. The number of carbonyl (C=O) groups excluding carboxylic acids is 1. The minimum atomic E-state index is -0.470. The van der Waals surface area contributed by atoms with Crippen LogP contribution in [0, 0.1) is 0 Å². The number of amides is 1. The quantitative estimate of drug-likeness (QED) is 0.612. The lowest BCUT2D eigenvalue weighted by Gasteiger charge is -2.33. The maximum Gasteiger partial charge on any atom is 0.410 e. The number of fused-ring (bicyclic) bond motifs is 1. The van der Waals surface area contributed by atoms with Crippen molar-refractivity contribution in [1.29, 1.82) is 0 Å². The first-order valence-corrected chi connectivity index (χ1v) is 10.8. The molecule has 1 aromatic carbocycles. The summed E-state index contributed by atoms with van der Waals surface area (Å²) in [4.78, 5) is 18.8. The van der Waals surface area contributed by atoms with Crippen molar-refractivity contribution in [3.63, 3.8) is 0 Å². The highest BCUT2D eigenvalue weighted by Crippen LogP contribution is 2.29. The lowest BCUT2D eigenvalue weighted by atomic mass is 9.93. The lowest BCUT2D eigenvalue weighted by Crippen LogP contribution is -2.41. The zero-order valence-corrected chi connectivity index (χ0v) is 18.7. The van der Waals surface area contributed by atoms with Crippen LogP contribution in [0.1, 0.15) is 50.8 Å². The third-order valence-electron chi connectivity index (χ3n) is 5.51. The van der Waals surface area contributed by atoms with Crippen LogP contribution in [0.3, 0.4) is 0 Å². The third kappa shape index (κ3) is 5.16. The van der Waals surface area contributed by atoms with Crippen molar-refractivity contribution in [2.24, 2.45) is 7.05 Å². The molecule has 1 fully saturated rings. The minimum Gasteiger partial charge on any atom is -0.473 e. The van der Waals surface area contributed by atoms with E-state index in [0.29, 0.717) is 31.5 Å². The minimum absolute atomic E-state index is 0.235. The fourth-order valence-corrected chi connectivity index (χ4v) is 3.86. The lowest BCUT2D eigenvalue weighted by molar-refractivity contribution is 0.0204. The number of hydrogen-bond donors (Lipinski definition) is 0.